The molecule has 0 aromatic rings. The van der Waals surface area contributed by atoms with E-state index in [-0.39, 0.29) is 6.04 Å². The van der Waals surface area contributed by atoms with Gasteiger partial charge in [-0.1, -0.05) is 6.92 Å². The van der Waals surface area contributed by atoms with E-state index >= 15 is 0 Å². The number of nitrogens with zero attached hydrogens (tertiary/aromatic N) is 2. The number of hydrogen-bond acceptors (Lipinski definition) is 3. The summed E-state index contributed by atoms with van der Waals surface area (Å²) in [5.74, 6) is 0.876. The molecule has 2 N–H and O–H groups in total. The van der Waals surface area contributed by atoms with Crippen LogP contribution in [0.1, 0.15) is 46.5 Å². The smallest absolute Gasteiger partial charge is 0.237 e. The zero-order valence-electron chi connectivity index (χ0n) is 12.6. The molecule has 4 unspecified atom stereocenters. The Labute approximate surface area is 117 Å². The zero-order chi connectivity index (χ0) is 14.0. The van der Waals surface area contributed by atoms with E-state index in [0.29, 0.717) is 30.5 Å². The molecule has 0 bridgehead atoms. The first kappa shape index (κ1) is 14.8. The minimum absolute atomic E-state index is 0.220. The van der Waals surface area contributed by atoms with Gasteiger partial charge in [0.05, 0.1) is 6.54 Å². The molecule has 4 nitrogen and oxygen atoms in total. The van der Waals surface area contributed by atoms with Crippen LogP contribution in [0.5, 0.6) is 0 Å². The lowest BCUT2D eigenvalue weighted by molar-refractivity contribution is -0.138. The lowest BCUT2D eigenvalue weighted by Gasteiger charge is -2.41. The monoisotopic (exact) mass is 267 g/mol. The van der Waals surface area contributed by atoms with Gasteiger partial charge >= 0.3 is 0 Å². The molecule has 0 aliphatic carbocycles. The predicted molar refractivity (Wildman–Crippen MR) is 77.8 cm³/mol. The molecule has 0 spiro atoms. The van der Waals surface area contributed by atoms with Gasteiger partial charge in [0.1, 0.15) is 0 Å². The lowest BCUT2D eigenvalue weighted by atomic mass is 9.94. The number of nitrogens with two attached hydrogens (primary N) is 1. The number of carbonyl (C=O) groups excluding carboxylic acids is 1. The Morgan fingerprint density at radius 3 is 2.37 bits per heavy atom. The van der Waals surface area contributed by atoms with Gasteiger partial charge < -0.3 is 10.6 Å². The van der Waals surface area contributed by atoms with Crippen LogP contribution in [0.2, 0.25) is 0 Å². The van der Waals surface area contributed by atoms with Gasteiger partial charge in [-0.15, -0.1) is 0 Å². The molecule has 2 fully saturated rings. The summed E-state index contributed by atoms with van der Waals surface area (Å²) in [6.45, 7) is 8.99. The molecule has 0 saturated carbocycles. The molecule has 2 saturated heterocycles. The number of hydrogen-bond donors (Lipinski definition) is 1. The molecule has 2 heterocycles. The molecule has 110 valence electrons. The van der Waals surface area contributed by atoms with Crippen LogP contribution in [0.4, 0.5) is 0 Å². The maximum absolute atomic E-state index is 12.5. The van der Waals surface area contributed by atoms with Gasteiger partial charge in [-0.3, -0.25) is 9.69 Å². The van der Waals surface area contributed by atoms with Crippen LogP contribution >= 0.6 is 0 Å². The van der Waals surface area contributed by atoms with Crippen molar-refractivity contribution in [2.75, 3.05) is 19.6 Å². The molecule has 4 heteroatoms. The van der Waals surface area contributed by atoms with Crippen LogP contribution < -0.4 is 5.73 Å². The van der Waals surface area contributed by atoms with Gasteiger partial charge in [0.2, 0.25) is 5.91 Å². The second kappa shape index (κ2) is 6.23. The Kier molecular flexibility index (Phi) is 4.85. The second-order valence-electron chi connectivity index (χ2n) is 6.59. The molecular formula is C15H29N3O. The molecular weight excluding hydrogens is 238 g/mol. The molecule has 1 amide bonds. The molecule has 2 rings (SSSR count). The number of piperidine rings is 2. The fourth-order valence-corrected chi connectivity index (χ4v) is 3.50. The van der Waals surface area contributed by atoms with Crippen molar-refractivity contribution in [3.05, 3.63) is 0 Å². The first-order valence-electron chi connectivity index (χ1n) is 7.78. The molecule has 0 aromatic heterocycles. The van der Waals surface area contributed by atoms with Crippen LogP contribution in [-0.2, 0) is 4.79 Å². The van der Waals surface area contributed by atoms with Gasteiger partial charge in [-0.2, -0.15) is 0 Å². The third-order valence-corrected chi connectivity index (χ3v) is 4.94. The first-order valence-corrected chi connectivity index (χ1v) is 7.78. The minimum atomic E-state index is 0.220. The SMILES string of the molecule is CC1CCN(CC(=O)N2C(C)CCCC2C)CC1N. The van der Waals surface area contributed by atoms with E-state index in [9.17, 15) is 4.79 Å². The average Bonchev–Trinajstić information content (AvgIpc) is 2.33. The van der Waals surface area contributed by atoms with E-state index in [1.165, 1.54) is 6.42 Å². The number of carbonyl (C=O) groups is 1. The fraction of sp³-hybridized carbons (Fsp3) is 0.933. The largest absolute Gasteiger partial charge is 0.336 e. The van der Waals surface area contributed by atoms with Crippen molar-refractivity contribution in [1.29, 1.82) is 0 Å². The van der Waals surface area contributed by atoms with E-state index in [1.807, 2.05) is 0 Å². The normalized spacial score (nSPS) is 37.4. The van der Waals surface area contributed by atoms with Crippen molar-refractivity contribution in [3.63, 3.8) is 0 Å². The molecule has 0 radical (unpaired) electrons. The zero-order valence-corrected chi connectivity index (χ0v) is 12.6. The fourth-order valence-electron chi connectivity index (χ4n) is 3.50. The van der Waals surface area contributed by atoms with E-state index < -0.39 is 0 Å². The maximum Gasteiger partial charge on any atom is 0.237 e. The summed E-state index contributed by atoms with van der Waals surface area (Å²) in [4.78, 5) is 16.9. The van der Waals surface area contributed by atoms with Gasteiger partial charge in [0, 0.05) is 24.7 Å². The van der Waals surface area contributed by atoms with Gasteiger partial charge in [0.25, 0.3) is 0 Å². The molecule has 4 atom stereocenters. The molecule has 19 heavy (non-hydrogen) atoms. The topological polar surface area (TPSA) is 49.6 Å². The van der Waals surface area contributed by atoms with E-state index in [0.717, 1.165) is 32.4 Å². The van der Waals surface area contributed by atoms with Crippen LogP contribution in [-0.4, -0.2) is 53.5 Å². The predicted octanol–water partition coefficient (Wildman–Crippen LogP) is 1.45. The molecule has 0 aromatic carbocycles. The number of likely N-dealkylation sites (tertiary alicyclic amines) is 2. The van der Waals surface area contributed by atoms with E-state index in [4.69, 9.17) is 5.73 Å². The van der Waals surface area contributed by atoms with E-state index in [2.05, 4.69) is 30.6 Å². The van der Waals surface area contributed by atoms with Crippen molar-refractivity contribution >= 4 is 5.91 Å². The Morgan fingerprint density at radius 2 is 1.79 bits per heavy atom. The Balaban J connectivity index is 1.89. The summed E-state index contributed by atoms with van der Waals surface area (Å²) < 4.78 is 0. The standard InChI is InChI=1S/C15H29N3O/c1-11-7-8-17(9-14(11)16)10-15(19)18-12(2)5-4-6-13(18)3/h11-14H,4-10,16H2,1-3H3. The van der Waals surface area contributed by atoms with Crippen molar-refractivity contribution in [2.24, 2.45) is 11.7 Å². The van der Waals surface area contributed by atoms with E-state index in [1.54, 1.807) is 0 Å². The summed E-state index contributed by atoms with van der Waals surface area (Å²) in [5, 5.41) is 0. The van der Waals surface area contributed by atoms with Crippen molar-refractivity contribution in [2.45, 2.75) is 64.6 Å². The van der Waals surface area contributed by atoms with Gasteiger partial charge in [0.15, 0.2) is 0 Å². The molecule has 2 aliphatic heterocycles. The third-order valence-electron chi connectivity index (χ3n) is 4.94. The highest BCUT2D eigenvalue weighted by Crippen LogP contribution is 2.23. The summed E-state index contributed by atoms with van der Waals surface area (Å²) in [6, 6.07) is 1.01. The Hall–Kier alpha value is -0.610. The number of rotatable bonds is 2. The minimum Gasteiger partial charge on any atom is -0.336 e. The van der Waals surface area contributed by atoms with Crippen LogP contribution in [0.3, 0.4) is 0 Å². The highest BCUT2D eigenvalue weighted by atomic mass is 16.2. The van der Waals surface area contributed by atoms with Gasteiger partial charge in [-0.05, 0) is 52.0 Å². The summed E-state index contributed by atoms with van der Waals surface area (Å²) in [6.07, 6.45) is 4.65. The van der Waals surface area contributed by atoms with Crippen molar-refractivity contribution in [1.82, 2.24) is 9.80 Å². The highest BCUT2D eigenvalue weighted by Gasteiger charge is 2.31. The van der Waals surface area contributed by atoms with Crippen LogP contribution in [0, 0.1) is 5.92 Å². The second-order valence-corrected chi connectivity index (χ2v) is 6.59. The van der Waals surface area contributed by atoms with Crippen LogP contribution in [0.15, 0.2) is 0 Å². The average molecular weight is 267 g/mol. The highest BCUT2D eigenvalue weighted by molar-refractivity contribution is 5.79. The van der Waals surface area contributed by atoms with Crippen molar-refractivity contribution in [3.8, 4) is 0 Å². The summed E-state index contributed by atoms with van der Waals surface area (Å²) in [7, 11) is 0. The van der Waals surface area contributed by atoms with Gasteiger partial charge in [-0.25, -0.2) is 0 Å². The lowest BCUT2D eigenvalue weighted by Crippen LogP contribution is -2.54. The van der Waals surface area contributed by atoms with Crippen LogP contribution in [0.25, 0.3) is 0 Å². The summed E-state index contributed by atoms with van der Waals surface area (Å²) in [5.41, 5.74) is 6.11. The Morgan fingerprint density at radius 1 is 1.16 bits per heavy atom. The Bertz CT molecular complexity index is 311. The number of amides is 1. The summed E-state index contributed by atoms with van der Waals surface area (Å²) >= 11 is 0. The first-order chi connectivity index (χ1) is 8.99. The maximum atomic E-state index is 12.5. The quantitative estimate of drug-likeness (QED) is 0.824. The molecule has 2 aliphatic rings. The van der Waals surface area contributed by atoms with Crippen molar-refractivity contribution < 1.29 is 4.79 Å². The third kappa shape index (κ3) is 3.48.